The lowest BCUT2D eigenvalue weighted by atomic mass is 9.52. The molecule has 0 bridgehead atoms. The summed E-state index contributed by atoms with van der Waals surface area (Å²) in [7, 11) is 0. The lowest BCUT2D eigenvalue weighted by molar-refractivity contribution is -0.331. The van der Waals surface area contributed by atoms with Crippen LogP contribution in [0.5, 0.6) is 0 Å². The number of hydrogen-bond donors (Lipinski definition) is 4. The molecule has 0 heterocycles. The van der Waals surface area contributed by atoms with Crippen LogP contribution in [-0.2, 0) is 0 Å². The maximum absolute atomic E-state index is 9.99. The highest BCUT2D eigenvalue weighted by Crippen LogP contribution is 2.52. The molecule has 0 aromatic heterocycles. The molecule has 4 heteroatoms. The molecular weight excluding hydrogens is 172 g/mol. The molecule has 13 heavy (non-hydrogen) atoms. The SMILES string of the molecule is CC[C@@H](O)[C@]1(O)[C@H](O)C(O)C1(C)C. The van der Waals surface area contributed by atoms with Gasteiger partial charge in [0.2, 0.25) is 0 Å². The van der Waals surface area contributed by atoms with Gasteiger partial charge in [-0.15, -0.1) is 0 Å². The van der Waals surface area contributed by atoms with Gasteiger partial charge in [-0.05, 0) is 6.42 Å². The first kappa shape index (κ1) is 10.9. The van der Waals surface area contributed by atoms with E-state index in [4.69, 9.17) is 0 Å². The van der Waals surface area contributed by atoms with Gasteiger partial charge in [0.15, 0.2) is 0 Å². The fourth-order valence-electron chi connectivity index (χ4n) is 2.09. The average Bonchev–Trinajstić information content (AvgIpc) is 2.12. The molecule has 4 nitrogen and oxygen atoms in total. The smallest absolute Gasteiger partial charge is 0.126 e. The second-order valence-corrected chi connectivity index (χ2v) is 4.36. The summed E-state index contributed by atoms with van der Waals surface area (Å²) in [6, 6.07) is 0. The molecule has 1 aliphatic carbocycles. The molecule has 1 saturated carbocycles. The summed E-state index contributed by atoms with van der Waals surface area (Å²) in [6.45, 7) is 4.97. The third kappa shape index (κ3) is 1.06. The molecule has 4 N–H and O–H groups in total. The van der Waals surface area contributed by atoms with E-state index in [1.807, 2.05) is 0 Å². The van der Waals surface area contributed by atoms with Crippen LogP contribution >= 0.6 is 0 Å². The van der Waals surface area contributed by atoms with Crippen LogP contribution in [0.25, 0.3) is 0 Å². The maximum atomic E-state index is 9.99. The largest absolute Gasteiger partial charge is 0.390 e. The molecule has 0 aromatic carbocycles. The van der Waals surface area contributed by atoms with E-state index in [1.165, 1.54) is 0 Å². The first-order valence-electron chi connectivity index (χ1n) is 4.56. The van der Waals surface area contributed by atoms with Gasteiger partial charge in [0.05, 0.1) is 12.2 Å². The number of rotatable bonds is 2. The molecule has 0 saturated heterocycles. The lowest BCUT2D eigenvalue weighted by Gasteiger charge is -2.61. The van der Waals surface area contributed by atoms with Gasteiger partial charge in [-0.1, -0.05) is 20.8 Å². The Hall–Kier alpha value is -0.160. The van der Waals surface area contributed by atoms with Crippen molar-refractivity contribution in [2.45, 2.75) is 51.1 Å². The van der Waals surface area contributed by atoms with Crippen LogP contribution in [-0.4, -0.2) is 44.3 Å². The van der Waals surface area contributed by atoms with Crippen LogP contribution in [0.2, 0.25) is 0 Å². The fraction of sp³-hybridized carbons (Fsp3) is 1.00. The van der Waals surface area contributed by atoms with Gasteiger partial charge in [0, 0.05) is 5.41 Å². The number of aliphatic hydroxyl groups excluding tert-OH is 3. The second-order valence-electron chi connectivity index (χ2n) is 4.36. The minimum atomic E-state index is -1.58. The molecule has 0 aliphatic heterocycles. The fourth-order valence-corrected chi connectivity index (χ4v) is 2.09. The topological polar surface area (TPSA) is 80.9 Å². The molecular formula is C9H18O4. The van der Waals surface area contributed by atoms with Crippen LogP contribution in [0.3, 0.4) is 0 Å². The molecule has 1 fully saturated rings. The summed E-state index contributed by atoms with van der Waals surface area (Å²) in [5, 5.41) is 38.3. The van der Waals surface area contributed by atoms with Crippen LogP contribution in [0.15, 0.2) is 0 Å². The van der Waals surface area contributed by atoms with Crippen molar-refractivity contribution >= 4 is 0 Å². The number of hydrogen-bond acceptors (Lipinski definition) is 4. The molecule has 0 radical (unpaired) electrons. The van der Waals surface area contributed by atoms with E-state index in [1.54, 1.807) is 20.8 Å². The minimum Gasteiger partial charge on any atom is -0.390 e. The van der Waals surface area contributed by atoms with Crippen molar-refractivity contribution in [1.82, 2.24) is 0 Å². The first-order chi connectivity index (χ1) is 5.80. The molecule has 0 amide bonds. The summed E-state index contributed by atoms with van der Waals surface area (Å²) < 4.78 is 0. The van der Waals surface area contributed by atoms with Gasteiger partial charge in [0.25, 0.3) is 0 Å². The highest BCUT2D eigenvalue weighted by atomic mass is 16.4. The maximum Gasteiger partial charge on any atom is 0.126 e. The van der Waals surface area contributed by atoms with Crippen molar-refractivity contribution in [3.63, 3.8) is 0 Å². The molecule has 0 aromatic rings. The Labute approximate surface area is 77.8 Å². The quantitative estimate of drug-likeness (QED) is 0.462. The van der Waals surface area contributed by atoms with Crippen LogP contribution < -0.4 is 0 Å². The van der Waals surface area contributed by atoms with Crippen molar-refractivity contribution < 1.29 is 20.4 Å². The van der Waals surface area contributed by atoms with Gasteiger partial charge >= 0.3 is 0 Å². The van der Waals surface area contributed by atoms with Crippen molar-refractivity contribution in [3.8, 4) is 0 Å². The summed E-state index contributed by atoms with van der Waals surface area (Å²) >= 11 is 0. The molecule has 1 unspecified atom stereocenters. The van der Waals surface area contributed by atoms with Gasteiger partial charge in [-0.2, -0.15) is 0 Å². The summed E-state index contributed by atoms with van der Waals surface area (Å²) in [5.74, 6) is 0. The molecule has 78 valence electrons. The highest BCUT2D eigenvalue weighted by molar-refractivity contribution is 5.19. The van der Waals surface area contributed by atoms with E-state index in [0.29, 0.717) is 6.42 Å². The Morgan fingerprint density at radius 3 is 2.00 bits per heavy atom. The van der Waals surface area contributed by atoms with E-state index in [0.717, 1.165) is 0 Å². The summed E-state index contributed by atoms with van der Waals surface area (Å²) in [4.78, 5) is 0. The normalized spacial score (nSPS) is 45.5. The van der Waals surface area contributed by atoms with Crippen LogP contribution in [0.1, 0.15) is 27.2 Å². The van der Waals surface area contributed by atoms with E-state index >= 15 is 0 Å². The number of aliphatic hydroxyl groups is 4. The molecule has 4 atom stereocenters. The van der Waals surface area contributed by atoms with E-state index in [2.05, 4.69) is 0 Å². The standard InChI is InChI=1S/C9H18O4/c1-4-5(10)9(13)7(12)6(11)8(9,2)3/h5-7,10-13H,4H2,1-3H3/t5-,6?,7-,9+/m1/s1. The Morgan fingerprint density at radius 2 is 1.69 bits per heavy atom. The van der Waals surface area contributed by atoms with Crippen molar-refractivity contribution in [2.24, 2.45) is 5.41 Å². The monoisotopic (exact) mass is 190 g/mol. The van der Waals surface area contributed by atoms with Crippen LogP contribution in [0, 0.1) is 5.41 Å². The van der Waals surface area contributed by atoms with Gasteiger partial charge in [0.1, 0.15) is 11.7 Å². The van der Waals surface area contributed by atoms with Gasteiger partial charge in [-0.25, -0.2) is 0 Å². The van der Waals surface area contributed by atoms with E-state index in [9.17, 15) is 20.4 Å². The Kier molecular flexibility index (Phi) is 2.45. The van der Waals surface area contributed by atoms with E-state index in [-0.39, 0.29) is 0 Å². The molecule has 1 aliphatic rings. The summed E-state index contributed by atoms with van der Waals surface area (Å²) in [6.07, 6.45) is -2.87. The highest BCUT2D eigenvalue weighted by Gasteiger charge is 2.69. The van der Waals surface area contributed by atoms with Crippen molar-refractivity contribution in [3.05, 3.63) is 0 Å². The summed E-state index contributed by atoms with van der Waals surface area (Å²) in [5.41, 5.74) is -2.44. The Balaban J connectivity index is 2.91. The third-order valence-corrected chi connectivity index (χ3v) is 3.42. The minimum absolute atomic E-state index is 0.351. The zero-order valence-electron chi connectivity index (χ0n) is 8.23. The zero-order valence-corrected chi connectivity index (χ0v) is 8.23. The second kappa shape index (κ2) is 2.92. The predicted octanol–water partition coefficient (Wildman–Crippen LogP) is -0.750. The van der Waals surface area contributed by atoms with Gasteiger partial charge < -0.3 is 20.4 Å². The predicted molar refractivity (Wildman–Crippen MR) is 47.0 cm³/mol. The van der Waals surface area contributed by atoms with Gasteiger partial charge in [-0.3, -0.25) is 0 Å². The first-order valence-corrected chi connectivity index (χ1v) is 4.56. The third-order valence-electron chi connectivity index (χ3n) is 3.42. The van der Waals surface area contributed by atoms with Crippen LogP contribution in [0.4, 0.5) is 0 Å². The average molecular weight is 190 g/mol. The Morgan fingerprint density at radius 1 is 1.23 bits per heavy atom. The van der Waals surface area contributed by atoms with E-state index < -0.39 is 29.3 Å². The van der Waals surface area contributed by atoms with Crippen molar-refractivity contribution in [1.29, 1.82) is 0 Å². The lowest BCUT2D eigenvalue weighted by Crippen LogP contribution is -2.79. The Bertz CT molecular complexity index is 198. The molecule has 0 spiro atoms. The van der Waals surface area contributed by atoms with Crippen molar-refractivity contribution in [2.75, 3.05) is 0 Å². The molecule has 1 rings (SSSR count). The zero-order chi connectivity index (χ0) is 10.4.